The lowest BCUT2D eigenvalue weighted by molar-refractivity contribution is 0.595. The molecule has 0 bridgehead atoms. The average molecular weight is 210 g/mol. The predicted octanol–water partition coefficient (Wildman–Crippen LogP) is 2.31. The largest absolute Gasteiger partial charge is 0.309 e. The highest BCUT2D eigenvalue weighted by Crippen LogP contribution is 2.02. The van der Waals surface area contributed by atoms with E-state index in [4.69, 9.17) is 0 Å². The minimum Gasteiger partial charge on any atom is -0.309 e. The van der Waals surface area contributed by atoms with E-state index in [1.165, 1.54) is 17.1 Å². The SMILES string of the molecule is CCSCC(C)NCc1ccncc1. The first-order chi connectivity index (χ1) is 6.83. The first-order valence-corrected chi connectivity index (χ1v) is 6.18. The van der Waals surface area contributed by atoms with Gasteiger partial charge in [-0.1, -0.05) is 6.92 Å². The monoisotopic (exact) mass is 210 g/mol. The molecule has 1 unspecified atom stereocenters. The molecule has 3 heteroatoms. The number of rotatable bonds is 6. The van der Waals surface area contributed by atoms with Crippen LogP contribution in [0.15, 0.2) is 24.5 Å². The number of hydrogen-bond donors (Lipinski definition) is 1. The fourth-order valence-corrected chi connectivity index (χ4v) is 1.85. The van der Waals surface area contributed by atoms with Crippen molar-refractivity contribution in [2.45, 2.75) is 26.4 Å². The summed E-state index contributed by atoms with van der Waals surface area (Å²) in [6, 6.07) is 4.67. The van der Waals surface area contributed by atoms with Crippen molar-refractivity contribution in [3.05, 3.63) is 30.1 Å². The van der Waals surface area contributed by atoms with Crippen LogP contribution in [0.1, 0.15) is 19.4 Å². The second-order valence-corrected chi connectivity index (χ2v) is 4.62. The van der Waals surface area contributed by atoms with Gasteiger partial charge in [-0.2, -0.15) is 11.8 Å². The van der Waals surface area contributed by atoms with E-state index in [1.54, 1.807) is 0 Å². The molecule has 0 saturated heterocycles. The van der Waals surface area contributed by atoms with Crippen molar-refractivity contribution in [1.29, 1.82) is 0 Å². The summed E-state index contributed by atoms with van der Waals surface area (Å²) in [7, 11) is 0. The molecule has 1 atom stereocenters. The Morgan fingerprint density at radius 1 is 1.43 bits per heavy atom. The van der Waals surface area contributed by atoms with Gasteiger partial charge in [0.2, 0.25) is 0 Å². The molecule has 0 radical (unpaired) electrons. The predicted molar refractivity (Wildman–Crippen MR) is 63.5 cm³/mol. The van der Waals surface area contributed by atoms with E-state index >= 15 is 0 Å². The van der Waals surface area contributed by atoms with Crippen LogP contribution in [0, 0.1) is 0 Å². The van der Waals surface area contributed by atoms with Crippen molar-refractivity contribution in [1.82, 2.24) is 10.3 Å². The number of thioether (sulfide) groups is 1. The zero-order valence-electron chi connectivity index (χ0n) is 8.86. The molecule has 0 fully saturated rings. The summed E-state index contributed by atoms with van der Waals surface area (Å²) in [6.45, 7) is 5.36. The third-order valence-corrected chi connectivity index (χ3v) is 3.12. The summed E-state index contributed by atoms with van der Waals surface area (Å²) >= 11 is 1.98. The highest BCUT2D eigenvalue weighted by Gasteiger charge is 2.00. The van der Waals surface area contributed by atoms with E-state index in [0.29, 0.717) is 6.04 Å². The minimum atomic E-state index is 0.577. The van der Waals surface area contributed by atoms with Gasteiger partial charge in [0.25, 0.3) is 0 Å². The summed E-state index contributed by atoms with van der Waals surface area (Å²) in [4.78, 5) is 3.99. The Morgan fingerprint density at radius 2 is 2.14 bits per heavy atom. The van der Waals surface area contributed by atoms with Crippen LogP contribution in [0.3, 0.4) is 0 Å². The maximum absolute atomic E-state index is 3.99. The maximum Gasteiger partial charge on any atom is 0.0271 e. The first kappa shape index (κ1) is 11.5. The average Bonchev–Trinajstić information content (AvgIpc) is 2.25. The van der Waals surface area contributed by atoms with Crippen molar-refractivity contribution < 1.29 is 0 Å². The molecule has 1 N–H and O–H groups in total. The molecule has 1 aromatic heterocycles. The summed E-state index contributed by atoms with van der Waals surface area (Å²) in [5.74, 6) is 2.38. The molecule has 0 amide bonds. The Labute approximate surface area is 90.5 Å². The van der Waals surface area contributed by atoms with Crippen LogP contribution in [0.5, 0.6) is 0 Å². The third-order valence-electron chi connectivity index (χ3n) is 1.98. The topological polar surface area (TPSA) is 24.9 Å². The van der Waals surface area contributed by atoms with Gasteiger partial charge in [0.15, 0.2) is 0 Å². The van der Waals surface area contributed by atoms with Gasteiger partial charge in [0, 0.05) is 30.7 Å². The fraction of sp³-hybridized carbons (Fsp3) is 0.545. The zero-order valence-corrected chi connectivity index (χ0v) is 9.68. The normalized spacial score (nSPS) is 12.7. The molecule has 2 nitrogen and oxygen atoms in total. The van der Waals surface area contributed by atoms with Gasteiger partial charge < -0.3 is 5.32 Å². The summed E-state index contributed by atoms with van der Waals surface area (Å²) in [5.41, 5.74) is 1.30. The first-order valence-electron chi connectivity index (χ1n) is 5.03. The van der Waals surface area contributed by atoms with E-state index in [-0.39, 0.29) is 0 Å². The molecule has 0 aromatic carbocycles. The summed E-state index contributed by atoms with van der Waals surface area (Å²) < 4.78 is 0. The van der Waals surface area contributed by atoms with Gasteiger partial charge >= 0.3 is 0 Å². The number of nitrogens with one attached hydrogen (secondary N) is 1. The van der Waals surface area contributed by atoms with Crippen molar-refractivity contribution in [2.75, 3.05) is 11.5 Å². The molecule has 0 aliphatic heterocycles. The standard InChI is InChI=1S/C11H18N2S/c1-3-14-9-10(2)13-8-11-4-6-12-7-5-11/h4-7,10,13H,3,8-9H2,1-2H3. The molecule has 0 saturated carbocycles. The van der Waals surface area contributed by atoms with Gasteiger partial charge in [0.05, 0.1) is 0 Å². The van der Waals surface area contributed by atoms with E-state index < -0.39 is 0 Å². The summed E-state index contributed by atoms with van der Waals surface area (Å²) in [6.07, 6.45) is 3.67. The van der Waals surface area contributed by atoms with Gasteiger partial charge in [0.1, 0.15) is 0 Å². The number of nitrogens with zero attached hydrogens (tertiary/aromatic N) is 1. The van der Waals surface area contributed by atoms with E-state index in [1.807, 2.05) is 36.3 Å². The smallest absolute Gasteiger partial charge is 0.0271 e. The number of pyridine rings is 1. The minimum absolute atomic E-state index is 0.577. The van der Waals surface area contributed by atoms with Crippen molar-refractivity contribution in [2.24, 2.45) is 0 Å². The Bertz CT molecular complexity index is 238. The van der Waals surface area contributed by atoms with Crippen LogP contribution in [0.2, 0.25) is 0 Å². The molecule has 0 aliphatic rings. The van der Waals surface area contributed by atoms with Crippen LogP contribution < -0.4 is 5.32 Å². The highest BCUT2D eigenvalue weighted by molar-refractivity contribution is 7.99. The van der Waals surface area contributed by atoms with Gasteiger partial charge in [-0.15, -0.1) is 0 Å². The second-order valence-electron chi connectivity index (χ2n) is 3.30. The van der Waals surface area contributed by atoms with E-state index in [0.717, 1.165) is 6.54 Å². The van der Waals surface area contributed by atoms with Gasteiger partial charge in [-0.05, 0) is 30.4 Å². The molecule has 0 spiro atoms. The quantitative estimate of drug-likeness (QED) is 0.780. The van der Waals surface area contributed by atoms with Crippen LogP contribution >= 0.6 is 11.8 Å². The lowest BCUT2D eigenvalue weighted by atomic mass is 10.2. The van der Waals surface area contributed by atoms with E-state index in [2.05, 4.69) is 24.1 Å². The Kier molecular flexibility index (Phi) is 5.64. The molecule has 1 aromatic rings. The molecule has 78 valence electrons. The summed E-state index contributed by atoms with van der Waals surface area (Å²) in [5, 5.41) is 3.49. The second kappa shape index (κ2) is 6.85. The van der Waals surface area contributed by atoms with Gasteiger partial charge in [-0.3, -0.25) is 4.98 Å². The van der Waals surface area contributed by atoms with Crippen molar-refractivity contribution >= 4 is 11.8 Å². The Hall–Kier alpha value is -0.540. The number of aromatic nitrogens is 1. The Balaban J connectivity index is 2.20. The highest BCUT2D eigenvalue weighted by atomic mass is 32.2. The molecule has 14 heavy (non-hydrogen) atoms. The fourth-order valence-electron chi connectivity index (χ4n) is 1.15. The van der Waals surface area contributed by atoms with E-state index in [9.17, 15) is 0 Å². The van der Waals surface area contributed by atoms with Gasteiger partial charge in [-0.25, -0.2) is 0 Å². The molecular weight excluding hydrogens is 192 g/mol. The van der Waals surface area contributed by atoms with Crippen molar-refractivity contribution in [3.8, 4) is 0 Å². The molecular formula is C11H18N2S. The lowest BCUT2D eigenvalue weighted by Gasteiger charge is -2.12. The molecule has 1 heterocycles. The third kappa shape index (κ3) is 4.63. The number of hydrogen-bond acceptors (Lipinski definition) is 3. The van der Waals surface area contributed by atoms with Crippen LogP contribution in [0.25, 0.3) is 0 Å². The van der Waals surface area contributed by atoms with Crippen molar-refractivity contribution in [3.63, 3.8) is 0 Å². The molecule has 1 rings (SSSR count). The zero-order chi connectivity index (χ0) is 10.2. The van der Waals surface area contributed by atoms with Crippen LogP contribution in [0.4, 0.5) is 0 Å². The van der Waals surface area contributed by atoms with Crippen LogP contribution in [-0.2, 0) is 6.54 Å². The lowest BCUT2D eigenvalue weighted by Crippen LogP contribution is -2.27. The van der Waals surface area contributed by atoms with Crippen LogP contribution in [-0.4, -0.2) is 22.5 Å². The molecule has 0 aliphatic carbocycles. The Morgan fingerprint density at radius 3 is 2.79 bits per heavy atom. The maximum atomic E-state index is 3.99.